The summed E-state index contributed by atoms with van der Waals surface area (Å²) >= 11 is 0. The van der Waals surface area contributed by atoms with Crippen LogP contribution in [0.4, 0.5) is 5.95 Å². The molecule has 3 rings (SSSR count). The first kappa shape index (κ1) is 17.9. The fourth-order valence-corrected chi connectivity index (χ4v) is 2.80. The quantitative estimate of drug-likeness (QED) is 0.637. The normalized spacial score (nSPS) is 11.0. The van der Waals surface area contributed by atoms with Crippen molar-refractivity contribution in [2.75, 3.05) is 19.4 Å². The Labute approximate surface area is 153 Å². The van der Waals surface area contributed by atoms with Crippen LogP contribution in [0.3, 0.4) is 0 Å². The molecule has 0 aliphatic carbocycles. The summed E-state index contributed by atoms with van der Waals surface area (Å²) in [6.07, 6.45) is 10.3. The van der Waals surface area contributed by atoms with Crippen LogP contribution in [-0.2, 0) is 19.6 Å². The number of imidazole rings is 1. The highest BCUT2D eigenvalue weighted by atomic mass is 16.5. The molecule has 7 heteroatoms. The third-order valence-corrected chi connectivity index (χ3v) is 4.15. The van der Waals surface area contributed by atoms with E-state index in [9.17, 15) is 0 Å². The number of nitrogens with two attached hydrogens (primary N) is 1. The van der Waals surface area contributed by atoms with E-state index in [1.807, 2.05) is 24.7 Å². The largest absolute Gasteiger partial charge is 0.497 e. The molecule has 2 heterocycles. The maximum Gasteiger partial charge on any atom is 0.219 e. The summed E-state index contributed by atoms with van der Waals surface area (Å²) in [5.41, 5.74) is 7.88. The molecule has 26 heavy (non-hydrogen) atoms. The van der Waals surface area contributed by atoms with Gasteiger partial charge < -0.3 is 15.0 Å². The maximum absolute atomic E-state index is 5.59. The summed E-state index contributed by atoms with van der Waals surface area (Å²) in [6.45, 7) is 3.51. The first-order valence-electron chi connectivity index (χ1n) is 8.60. The average Bonchev–Trinajstić information content (AvgIpc) is 3.17. The van der Waals surface area contributed by atoms with Gasteiger partial charge in [0.2, 0.25) is 5.95 Å². The Morgan fingerprint density at radius 1 is 1.08 bits per heavy atom. The minimum atomic E-state index is 0.301. The van der Waals surface area contributed by atoms with E-state index in [-0.39, 0.29) is 0 Å². The molecular weight excluding hydrogens is 328 g/mol. The van der Waals surface area contributed by atoms with Crippen molar-refractivity contribution in [3.05, 3.63) is 66.5 Å². The van der Waals surface area contributed by atoms with Gasteiger partial charge in [0.25, 0.3) is 0 Å². The number of nitrogen functional groups attached to an aromatic ring is 1. The van der Waals surface area contributed by atoms with Crippen molar-refractivity contribution in [2.24, 2.45) is 0 Å². The Bertz CT molecular complexity index is 771. The SMILES string of the molecule is COc1ccc(CN(CCCn2ccnc2)Cc2cnc(N)nc2)cc1. The number of aromatic nitrogens is 4. The van der Waals surface area contributed by atoms with Gasteiger partial charge in [0, 0.05) is 56.5 Å². The minimum Gasteiger partial charge on any atom is -0.497 e. The van der Waals surface area contributed by atoms with Crippen molar-refractivity contribution in [1.29, 1.82) is 0 Å². The Morgan fingerprint density at radius 2 is 1.81 bits per heavy atom. The van der Waals surface area contributed by atoms with E-state index in [0.717, 1.165) is 43.9 Å². The highest BCUT2D eigenvalue weighted by Gasteiger charge is 2.09. The smallest absolute Gasteiger partial charge is 0.219 e. The Kier molecular flexibility index (Phi) is 6.16. The van der Waals surface area contributed by atoms with E-state index in [1.54, 1.807) is 25.7 Å². The van der Waals surface area contributed by atoms with E-state index < -0.39 is 0 Å². The first-order chi connectivity index (χ1) is 12.7. The molecule has 0 spiro atoms. The fourth-order valence-electron chi connectivity index (χ4n) is 2.80. The molecule has 0 saturated carbocycles. The fraction of sp³-hybridized carbons (Fsp3) is 0.316. The number of hydrogen-bond donors (Lipinski definition) is 1. The molecule has 0 saturated heterocycles. The summed E-state index contributed by atoms with van der Waals surface area (Å²) in [5, 5.41) is 0. The van der Waals surface area contributed by atoms with Crippen LogP contribution >= 0.6 is 0 Å². The summed E-state index contributed by atoms with van der Waals surface area (Å²) in [6, 6.07) is 8.18. The summed E-state index contributed by atoms with van der Waals surface area (Å²) in [4.78, 5) is 14.7. The molecule has 0 aliphatic rings. The van der Waals surface area contributed by atoms with Crippen LogP contribution in [0.2, 0.25) is 0 Å². The standard InChI is InChI=1S/C19H24N6O/c1-26-18-5-3-16(4-6-18)13-25(9-2-8-24-10-7-21-15-24)14-17-11-22-19(20)23-12-17/h3-7,10-12,15H,2,8-9,13-14H2,1H3,(H2,20,22,23). The number of ether oxygens (including phenoxy) is 1. The van der Waals surface area contributed by atoms with Crippen LogP contribution in [0, 0.1) is 0 Å². The van der Waals surface area contributed by atoms with E-state index in [1.165, 1.54) is 5.56 Å². The number of hydrogen-bond acceptors (Lipinski definition) is 6. The van der Waals surface area contributed by atoms with E-state index in [4.69, 9.17) is 10.5 Å². The number of methoxy groups -OCH3 is 1. The first-order valence-corrected chi connectivity index (χ1v) is 8.60. The predicted molar refractivity (Wildman–Crippen MR) is 100 cm³/mol. The zero-order valence-electron chi connectivity index (χ0n) is 15.0. The van der Waals surface area contributed by atoms with Gasteiger partial charge in [-0.3, -0.25) is 4.90 Å². The highest BCUT2D eigenvalue weighted by Crippen LogP contribution is 2.15. The lowest BCUT2D eigenvalue weighted by Crippen LogP contribution is -2.25. The van der Waals surface area contributed by atoms with Crippen molar-refractivity contribution in [3.8, 4) is 5.75 Å². The third-order valence-electron chi connectivity index (χ3n) is 4.15. The van der Waals surface area contributed by atoms with Crippen LogP contribution in [0.25, 0.3) is 0 Å². The number of nitrogens with zero attached hydrogens (tertiary/aromatic N) is 5. The summed E-state index contributed by atoms with van der Waals surface area (Å²) in [7, 11) is 1.68. The van der Waals surface area contributed by atoms with Gasteiger partial charge in [0.1, 0.15) is 5.75 Å². The minimum absolute atomic E-state index is 0.301. The molecule has 0 bridgehead atoms. The van der Waals surface area contributed by atoms with Gasteiger partial charge in [-0.05, 0) is 24.1 Å². The summed E-state index contributed by atoms with van der Waals surface area (Å²) in [5.74, 6) is 1.17. The monoisotopic (exact) mass is 352 g/mol. The molecular formula is C19H24N6O. The molecule has 0 fully saturated rings. The summed E-state index contributed by atoms with van der Waals surface area (Å²) < 4.78 is 7.33. The Balaban J connectivity index is 1.63. The maximum atomic E-state index is 5.59. The zero-order valence-corrected chi connectivity index (χ0v) is 15.0. The molecule has 2 aromatic heterocycles. The molecule has 1 aromatic carbocycles. The topological polar surface area (TPSA) is 82.1 Å². The van der Waals surface area contributed by atoms with Crippen molar-refractivity contribution in [2.45, 2.75) is 26.1 Å². The molecule has 7 nitrogen and oxygen atoms in total. The van der Waals surface area contributed by atoms with Gasteiger partial charge >= 0.3 is 0 Å². The lowest BCUT2D eigenvalue weighted by molar-refractivity contribution is 0.248. The van der Waals surface area contributed by atoms with Gasteiger partial charge in [0.05, 0.1) is 13.4 Å². The Morgan fingerprint density at radius 3 is 2.46 bits per heavy atom. The molecule has 2 N–H and O–H groups in total. The van der Waals surface area contributed by atoms with Crippen molar-refractivity contribution in [3.63, 3.8) is 0 Å². The molecule has 3 aromatic rings. The second kappa shape index (κ2) is 8.96. The molecule has 0 atom stereocenters. The van der Waals surface area contributed by atoms with Crippen LogP contribution in [0.5, 0.6) is 5.75 Å². The van der Waals surface area contributed by atoms with E-state index in [2.05, 4.69) is 36.6 Å². The van der Waals surface area contributed by atoms with Crippen molar-refractivity contribution < 1.29 is 4.74 Å². The number of anilines is 1. The van der Waals surface area contributed by atoms with Gasteiger partial charge in [-0.25, -0.2) is 15.0 Å². The second-order valence-electron chi connectivity index (χ2n) is 6.16. The Hall–Kier alpha value is -2.93. The molecule has 0 radical (unpaired) electrons. The lowest BCUT2D eigenvalue weighted by Gasteiger charge is -2.22. The van der Waals surface area contributed by atoms with Crippen LogP contribution < -0.4 is 10.5 Å². The van der Waals surface area contributed by atoms with Crippen LogP contribution in [0.15, 0.2) is 55.4 Å². The van der Waals surface area contributed by atoms with Gasteiger partial charge in [-0.1, -0.05) is 12.1 Å². The predicted octanol–water partition coefficient (Wildman–Crippen LogP) is 2.36. The average molecular weight is 352 g/mol. The molecule has 0 amide bonds. The molecule has 0 unspecified atom stereocenters. The van der Waals surface area contributed by atoms with Crippen molar-refractivity contribution in [1.82, 2.24) is 24.4 Å². The molecule has 136 valence electrons. The zero-order chi connectivity index (χ0) is 18.2. The number of aryl methyl sites for hydroxylation is 1. The second-order valence-corrected chi connectivity index (χ2v) is 6.16. The number of rotatable bonds is 9. The van der Waals surface area contributed by atoms with E-state index >= 15 is 0 Å². The van der Waals surface area contributed by atoms with E-state index in [0.29, 0.717) is 5.95 Å². The lowest BCUT2D eigenvalue weighted by atomic mass is 10.2. The van der Waals surface area contributed by atoms with Gasteiger partial charge in [0.15, 0.2) is 0 Å². The van der Waals surface area contributed by atoms with Gasteiger partial charge in [-0.2, -0.15) is 0 Å². The van der Waals surface area contributed by atoms with Crippen LogP contribution in [0.1, 0.15) is 17.5 Å². The number of benzene rings is 1. The highest BCUT2D eigenvalue weighted by molar-refractivity contribution is 5.27. The third kappa shape index (κ3) is 5.29. The van der Waals surface area contributed by atoms with Gasteiger partial charge in [-0.15, -0.1) is 0 Å². The molecule has 0 aliphatic heterocycles. The van der Waals surface area contributed by atoms with Crippen LogP contribution in [-0.4, -0.2) is 38.1 Å². The van der Waals surface area contributed by atoms with Crippen molar-refractivity contribution >= 4 is 5.95 Å².